The number of ether oxygens (including phenoxy) is 1. The van der Waals surface area contributed by atoms with Crippen LogP contribution in [-0.4, -0.2) is 31.5 Å². The van der Waals surface area contributed by atoms with E-state index in [1.165, 1.54) is 6.08 Å². The summed E-state index contributed by atoms with van der Waals surface area (Å²) in [7, 11) is 0. The van der Waals surface area contributed by atoms with Crippen LogP contribution in [0.1, 0.15) is 5.56 Å². The number of hydrogen-bond acceptors (Lipinski definition) is 3. The van der Waals surface area contributed by atoms with Crippen LogP contribution in [0.3, 0.4) is 0 Å². The first-order chi connectivity index (χ1) is 11.7. The average Bonchev–Trinajstić information content (AvgIpc) is 2.63. The molecule has 0 aliphatic carbocycles. The number of nitrogens with one attached hydrogen (secondary N) is 2. The Hall–Kier alpha value is -3.08. The van der Waals surface area contributed by atoms with E-state index in [0.29, 0.717) is 18.8 Å². The van der Waals surface area contributed by atoms with Crippen molar-refractivity contribution in [3.63, 3.8) is 0 Å². The lowest BCUT2D eigenvalue weighted by molar-refractivity contribution is -0.123. The van der Waals surface area contributed by atoms with Crippen LogP contribution in [0.4, 0.5) is 0 Å². The molecule has 0 radical (unpaired) electrons. The second kappa shape index (κ2) is 9.84. The van der Waals surface area contributed by atoms with Crippen LogP contribution in [0.2, 0.25) is 0 Å². The quantitative estimate of drug-likeness (QED) is 0.576. The van der Waals surface area contributed by atoms with Gasteiger partial charge in [0.15, 0.2) is 6.61 Å². The summed E-state index contributed by atoms with van der Waals surface area (Å²) in [5, 5.41) is 5.38. The van der Waals surface area contributed by atoms with E-state index in [0.717, 1.165) is 5.56 Å². The summed E-state index contributed by atoms with van der Waals surface area (Å²) < 4.78 is 5.32. The van der Waals surface area contributed by atoms with Crippen LogP contribution in [0.15, 0.2) is 66.7 Å². The van der Waals surface area contributed by atoms with E-state index in [2.05, 4.69) is 10.6 Å². The van der Waals surface area contributed by atoms with E-state index in [1.54, 1.807) is 18.2 Å². The Morgan fingerprint density at radius 2 is 1.50 bits per heavy atom. The third kappa shape index (κ3) is 6.79. The lowest BCUT2D eigenvalue weighted by Gasteiger charge is -2.07. The monoisotopic (exact) mass is 324 g/mol. The minimum Gasteiger partial charge on any atom is -0.484 e. The maximum atomic E-state index is 11.6. The van der Waals surface area contributed by atoms with Crippen LogP contribution in [0.25, 0.3) is 6.08 Å². The predicted molar refractivity (Wildman–Crippen MR) is 93.4 cm³/mol. The fourth-order valence-corrected chi connectivity index (χ4v) is 1.90. The molecule has 0 saturated carbocycles. The number of hydrogen-bond donors (Lipinski definition) is 2. The van der Waals surface area contributed by atoms with Crippen molar-refractivity contribution in [1.29, 1.82) is 0 Å². The maximum Gasteiger partial charge on any atom is 0.258 e. The summed E-state index contributed by atoms with van der Waals surface area (Å²) in [6.07, 6.45) is 3.21. The molecular formula is C19H20N2O3. The first-order valence-corrected chi connectivity index (χ1v) is 7.69. The second-order valence-corrected chi connectivity index (χ2v) is 4.99. The molecule has 2 aromatic rings. The summed E-state index contributed by atoms with van der Waals surface area (Å²) in [4.78, 5) is 23.2. The molecule has 0 aliphatic heterocycles. The van der Waals surface area contributed by atoms with Gasteiger partial charge in [-0.1, -0.05) is 48.5 Å². The molecule has 0 aliphatic rings. The molecule has 0 spiro atoms. The third-order valence-corrected chi connectivity index (χ3v) is 3.09. The molecule has 2 rings (SSSR count). The highest BCUT2D eigenvalue weighted by Gasteiger charge is 2.02. The molecule has 0 atom stereocenters. The molecule has 0 bridgehead atoms. The van der Waals surface area contributed by atoms with Crippen molar-refractivity contribution in [3.8, 4) is 5.75 Å². The fourth-order valence-electron chi connectivity index (χ4n) is 1.90. The molecule has 24 heavy (non-hydrogen) atoms. The number of rotatable bonds is 8. The van der Waals surface area contributed by atoms with Gasteiger partial charge in [0, 0.05) is 19.2 Å². The Balaban J connectivity index is 1.58. The van der Waals surface area contributed by atoms with E-state index in [4.69, 9.17) is 4.74 Å². The summed E-state index contributed by atoms with van der Waals surface area (Å²) >= 11 is 0. The van der Waals surface area contributed by atoms with Gasteiger partial charge in [0.2, 0.25) is 5.91 Å². The molecule has 0 saturated heterocycles. The molecular weight excluding hydrogens is 304 g/mol. The molecule has 0 unspecified atom stereocenters. The predicted octanol–water partition coefficient (Wildman–Crippen LogP) is 2.01. The Labute approximate surface area is 141 Å². The van der Waals surface area contributed by atoms with Gasteiger partial charge in [-0.3, -0.25) is 9.59 Å². The van der Waals surface area contributed by atoms with Gasteiger partial charge in [0.1, 0.15) is 5.75 Å². The second-order valence-electron chi connectivity index (χ2n) is 4.99. The van der Waals surface area contributed by atoms with Gasteiger partial charge in [0.25, 0.3) is 5.91 Å². The van der Waals surface area contributed by atoms with Crippen LogP contribution in [-0.2, 0) is 9.59 Å². The Bertz CT molecular complexity index is 670. The van der Waals surface area contributed by atoms with Gasteiger partial charge >= 0.3 is 0 Å². The maximum absolute atomic E-state index is 11.6. The van der Waals surface area contributed by atoms with Crippen molar-refractivity contribution < 1.29 is 14.3 Å². The molecule has 5 nitrogen and oxygen atoms in total. The van der Waals surface area contributed by atoms with Crippen molar-refractivity contribution in [1.82, 2.24) is 10.6 Å². The Kier molecular flexibility index (Phi) is 7.08. The lowest BCUT2D eigenvalue weighted by Crippen LogP contribution is -2.36. The van der Waals surface area contributed by atoms with Gasteiger partial charge in [0.05, 0.1) is 0 Å². The Morgan fingerprint density at radius 1 is 0.875 bits per heavy atom. The topological polar surface area (TPSA) is 67.4 Å². The molecule has 2 aromatic carbocycles. The van der Waals surface area contributed by atoms with Crippen molar-refractivity contribution in [2.24, 2.45) is 0 Å². The van der Waals surface area contributed by atoms with E-state index < -0.39 is 0 Å². The largest absolute Gasteiger partial charge is 0.484 e. The van der Waals surface area contributed by atoms with E-state index in [-0.39, 0.29) is 18.4 Å². The molecule has 124 valence electrons. The minimum atomic E-state index is -0.229. The summed E-state index contributed by atoms with van der Waals surface area (Å²) in [6.45, 7) is 0.656. The number of carbonyl (C=O) groups is 2. The highest BCUT2D eigenvalue weighted by Crippen LogP contribution is 2.07. The zero-order chi connectivity index (χ0) is 17.0. The fraction of sp³-hybridized carbons (Fsp3) is 0.158. The van der Waals surface area contributed by atoms with Gasteiger partial charge < -0.3 is 15.4 Å². The van der Waals surface area contributed by atoms with Gasteiger partial charge in [-0.25, -0.2) is 0 Å². The Morgan fingerprint density at radius 3 is 2.21 bits per heavy atom. The van der Waals surface area contributed by atoms with E-state index in [9.17, 15) is 9.59 Å². The van der Waals surface area contributed by atoms with Crippen molar-refractivity contribution in [3.05, 3.63) is 72.3 Å². The van der Waals surface area contributed by atoms with Crippen molar-refractivity contribution in [2.75, 3.05) is 19.7 Å². The first-order valence-electron chi connectivity index (χ1n) is 7.69. The standard InChI is InChI=1S/C19H20N2O3/c22-18(12-11-16-7-3-1-4-8-16)20-13-14-21-19(23)15-24-17-9-5-2-6-10-17/h1-12H,13-15H2,(H,20,22)(H,21,23)/b12-11+. The zero-order valence-corrected chi connectivity index (χ0v) is 13.3. The normalized spacial score (nSPS) is 10.3. The number of para-hydroxylation sites is 1. The summed E-state index contributed by atoms with van der Waals surface area (Å²) in [5.41, 5.74) is 0.957. The van der Waals surface area contributed by atoms with E-state index in [1.807, 2.05) is 48.5 Å². The van der Waals surface area contributed by atoms with Crippen LogP contribution >= 0.6 is 0 Å². The van der Waals surface area contributed by atoms with Crippen LogP contribution in [0, 0.1) is 0 Å². The lowest BCUT2D eigenvalue weighted by atomic mass is 10.2. The number of amides is 2. The van der Waals surface area contributed by atoms with Crippen LogP contribution < -0.4 is 15.4 Å². The van der Waals surface area contributed by atoms with Gasteiger partial charge in [-0.2, -0.15) is 0 Å². The average molecular weight is 324 g/mol. The van der Waals surface area contributed by atoms with E-state index >= 15 is 0 Å². The van der Waals surface area contributed by atoms with Gasteiger partial charge in [-0.15, -0.1) is 0 Å². The first kappa shape index (κ1) is 17.3. The third-order valence-electron chi connectivity index (χ3n) is 3.09. The minimum absolute atomic E-state index is 0.0497. The molecule has 5 heteroatoms. The molecule has 0 aromatic heterocycles. The SMILES string of the molecule is O=C(/C=C/c1ccccc1)NCCNC(=O)COc1ccccc1. The molecule has 2 amide bonds. The smallest absolute Gasteiger partial charge is 0.258 e. The number of benzene rings is 2. The molecule has 2 N–H and O–H groups in total. The van der Waals surface area contributed by atoms with Crippen LogP contribution in [0.5, 0.6) is 5.75 Å². The molecule has 0 fully saturated rings. The van der Waals surface area contributed by atoms with Crippen molar-refractivity contribution >= 4 is 17.9 Å². The number of carbonyl (C=O) groups excluding carboxylic acids is 2. The van der Waals surface area contributed by atoms with Crippen molar-refractivity contribution in [2.45, 2.75) is 0 Å². The summed E-state index contributed by atoms with van der Waals surface area (Å²) in [5.74, 6) is 0.216. The highest BCUT2D eigenvalue weighted by molar-refractivity contribution is 5.91. The highest BCUT2D eigenvalue weighted by atomic mass is 16.5. The van der Waals surface area contributed by atoms with Gasteiger partial charge in [-0.05, 0) is 23.8 Å². The zero-order valence-electron chi connectivity index (χ0n) is 13.3. The molecule has 0 heterocycles. The summed E-state index contributed by atoms with van der Waals surface area (Å²) in [6, 6.07) is 18.7.